The van der Waals surface area contributed by atoms with Crippen molar-refractivity contribution in [3.63, 3.8) is 0 Å². The quantitative estimate of drug-likeness (QED) is 0.420. The van der Waals surface area contributed by atoms with Crippen molar-refractivity contribution in [1.82, 2.24) is 0 Å². The molecule has 1 aliphatic heterocycles. The number of aliphatic hydroxyl groups is 3. The van der Waals surface area contributed by atoms with Crippen LogP contribution in [0.15, 0.2) is 66.3 Å². The lowest BCUT2D eigenvalue weighted by Crippen LogP contribution is -2.18. The van der Waals surface area contributed by atoms with E-state index in [4.69, 9.17) is 0 Å². The summed E-state index contributed by atoms with van der Waals surface area (Å²) >= 11 is 0. The summed E-state index contributed by atoms with van der Waals surface area (Å²) in [4.78, 5) is 12.2. The molecule has 6 nitrogen and oxygen atoms in total. The molecule has 0 spiro atoms. The van der Waals surface area contributed by atoms with Crippen LogP contribution >= 0.6 is 0 Å². The molecule has 0 saturated heterocycles. The molecule has 1 aromatic carbocycles. The number of benzene rings is 1. The van der Waals surface area contributed by atoms with E-state index < -0.39 is 18.3 Å². The topological polar surface area (TPSA) is 110 Å². The van der Waals surface area contributed by atoms with Crippen LogP contribution in [0.4, 0.5) is 5.69 Å². The highest BCUT2D eigenvalue weighted by Gasteiger charge is 2.13. The molecule has 5 N–H and O–H groups in total. The number of aromatic hydroxyl groups is 1. The van der Waals surface area contributed by atoms with E-state index in [1.807, 2.05) is 19.1 Å². The van der Waals surface area contributed by atoms with E-state index in [2.05, 4.69) is 5.32 Å². The Bertz CT molecular complexity index is 825. The molecular formula is C24H31NO5. The number of phenolic OH excluding ortho intramolecular Hbond substituents is 1. The fourth-order valence-corrected chi connectivity index (χ4v) is 3.14. The smallest absolute Gasteiger partial charge is 0.227 e. The number of aryl methyl sites for hydroxylation is 1. The first-order chi connectivity index (χ1) is 14.3. The van der Waals surface area contributed by atoms with Crippen LogP contribution in [0.1, 0.15) is 38.2 Å². The number of hydrogen-bond donors (Lipinski definition) is 5. The van der Waals surface area contributed by atoms with Crippen molar-refractivity contribution in [2.24, 2.45) is 0 Å². The van der Waals surface area contributed by atoms with Crippen molar-refractivity contribution in [2.45, 2.75) is 57.3 Å². The fraction of sp³-hybridized carbons (Fsp3) is 0.375. The summed E-state index contributed by atoms with van der Waals surface area (Å²) in [5.74, 6) is -0.311. The van der Waals surface area contributed by atoms with Gasteiger partial charge in [-0.15, -0.1) is 0 Å². The van der Waals surface area contributed by atoms with Gasteiger partial charge in [-0.05, 0) is 49.5 Å². The standard InChI is InChI=1S/C24H31NO5/c1-17-8-7-9-18-12-19(14-22(28)13-18)25-24(30)16-21(27)11-6-4-2-3-5-10-20(26)15-23(17)29/h2-6,8,11-14,20-21,23,26-29H,7,9-10,15-16H2,1H3,(H,25,30)/b4-2+,5-3+,11-6+,17-8-/t20-,21-,23+/m0/s1. The van der Waals surface area contributed by atoms with Crippen LogP contribution in [0.25, 0.3) is 0 Å². The van der Waals surface area contributed by atoms with Gasteiger partial charge >= 0.3 is 0 Å². The predicted octanol–water partition coefficient (Wildman–Crippen LogP) is 3.14. The number of carbonyl (C=O) groups excluding carboxylic acids is 1. The van der Waals surface area contributed by atoms with Crippen LogP contribution in [0.3, 0.4) is 0 Å². The van der Waals surface area contributed by atoms with Crippen LogP contribution in [0, 0.1) is 0 Å². The monoisotopic (exact) mass is 413 g/mol. The van der Waals surface area contributed by atoms with Crippen LogP contribution in [-0.2, 0) is 11.2 Å². The molecule has 3 atom stereocenters. The van der Waals surface area contributed by atoms with Gasteiger partial charge in [0.05, 0.1) is 24.7 Å². The zero-order valence-electron chi connectivity index (χ0n) is 17.2. The molecule has 0 saturated carbocycles. The molecule has 1 aromatic rings. The largest absolute Gasteiger partial charge is 0.508 e. The Morgan fingerprint density at radius 1 is 1.03 bits per heavy atom. The maximum absolute atomic E-state index is 12.2. The first-order valence-electron chi connectivity index (χ1n) is 10.2. The summed E-state index contributed by atoms with van der Waals surface area (Å²) in [7, 11) is 0. The van der Waals surface area contributed by atoms with Gasteiger partial charge in [0.25, 0.3) is 0 Å². The summed E-state index contributed by atoms with van der Waals surface area (Å²) in [6.45, 7) is 1.83. The molecule has 2 rings (SSSR count). The highest BCUT2D eigenvalue weighted by Crippen LogP contribution is 2.22. The van der Waals surface area contributed by atoms with E-state index in [1.54, 1.807) is 36.4 Å². The number of hydrogen-bond acceptors (Lipinski definition) is 5. The third-order valence-electron chi connectivity index (χ3n) is 4.79. The lowest BCUT2D eigenvalue weighted by molar-refractivity contribution is -0.117. The lowest BCUT2D eigenvalue weighted by atomic mass is 10.0. The molecule has 162 valence electrons. The highest BCUT2D eigenvalue weighted by molar-refractivity contribution is 5.91. The Hall–Kier alpha value is -2.67. The third-order valence-corrected chi connectivity index (χ3v) is 4.79. The van der Waals surface area contributed by atoms with Crippen LogP contribution < -0.4 is 5.32 Å². The number of allylic oxidation sites excluding steroid dienone is 5. The number of aliphatic hydroxyl groups excluding tert-OH is 3. The number of carbonyl (C=O) groups is 1. The SMILES string of the molecule is C/C1=C/CCc2cc(O)cc(c2)NC(=O)C[C@@H](O)/C=C/C=C/C=C/C[C@H](O)C[C@H]1O. The molecule has 1 amide bonds. The molecule has 1 heterocycles. The van der Waals surface area contributed by atoms with Crippen LogP contribution in [-0.4, -0.2) is 44.6 Å². The van der Waals surface area contributed by atoms with E-state index in [-0.39, 0.29) is 24.5 Å². The molecular weight excluding hydrogens is 382 g/mol. The van der Waals surface area contributed by atoms with Gasteiger partial charge in [-0.1, -0.05) is 42.5 Å². The first kappa shape index (κ1) is 23.6. The Labute approximate surface area is 177 Å². The zero-order chi connectivity index (χ0) is 21.9. The average molecular weight is 414 g/mol. The van der Waals surface area contributed by atoms with Gasteiger partial charge in [-0.25, -0.2) is 0 Å². The maximum Gasteiger partial charge on any atom is 0.227 e. The predicted molar refractivity (Wildman–Crippen MR) is 118 cm³/mol. The van der Waals surface area contributed by atoms with Gasteiger partial charge in [-0.3, -0.25) is 4.79 Å². The van der Waals surface area contributed by atoms with E-state index in [1.165, 1.54) is 12.1 Å². The summed E-state index contributed by atoms with van der Waals surface area (Å²) in [6, 6.07) is 4.87. The number of rotatable bonds is 0. The molecule has 0 radical (unpaired) electrons. The second-order valence-electron chi connectivity index (χ2n) is 7.53. The average Bonchev–Trinajstić information content (AvgIpc) is 2.65. The van der Waals surface area contributed by atoms with E-state index in [0.717, 1.165) is 11.1 Å². The van der Waals surface area contributed by atoms with E-state index >= 15 is 0 Å². The van der Waals surface area contributed by atoms with Crippen LogP contribution in [0.2, 0.25) is 0 Å². The fourth-order valence-electron chi connectivity index (χ4n) is 3.14. The molecule has 0 fully saturated rings. The minimum atomic E-state index is -0.930. The van der Waals surface area contributed by atoms with Crippen molar-refractivity contribution in [2.75, 3.05) is 5.32 Å². The zero-order valence-corrected chi connectivity index (χ0v) is 17.2. The Morgan fingerprint density at radius 3 is 2.60 bits per heavy atom. The molecule has 0 aromatic heterocycles. The van der Waals surface area contributed by atoms with Crippen molar-refractivity contribution >= 4 is 11.6 Å². The summed E-state index contributed by atoms with van der Waals surface area (Å²) in [6.07, 6.45) is 11.7. The van der Waals surface area contributed by atoms with Gasteiger partial charge in [0, 0.05) is 18.2 Å². The maximum atomic E-state index is 12.2. The van der Waals surface area contributed by atoms with Gasteiger partial charge in [0.1, 0.15) is 5.75 Å². The Morgan fingerprint density at radius 2 is 1.80 bits per heavy atom. The van der Waals surface area contributed by atoms with Crippen LogP contribution in [0.5, 0.6) is 5.75 Å². The van der Waals surface area contributed by atoms with Crippen molar-refractivity contribution in [3.05, 3.63) is 71.9 Å². The highest BCUT2D eigenvalue weighted by atomic mass is 16.3. The molecule has 0 unspecified atom stereocenters. The summed E-state index contributed by atoms with van der Waals surface area (Å²) < 4.78 is 0. The minimum Gasteiger partial charge on any atom is -0.508 e. The number of amides is 1. The second-order valence-corrected chi connectivity index (χ2v) is 7.53. The van der Waals surface area contributed by atoms with Gasteiger partial charge in [-0.2, -0.15) is 0 Å². The van der Waals surface area contributed by atoms with Crippen molar-refractivity contribution in [1.29, 1.82) is 0 Å². The number of fused-ring (bicyclic) bond motifs is 2. The Balaban J connectivity index is 2.18. The summed E-state index contributed by atoms with van der Waals surface area (Å²) in [5.41, 5.74) is 2.09. The van der Waals surface area contributed by atoms with Crippen molar-refractivity contribution < 1.29 is 25.2 Å². The van der Waals surface area contributed by atoms with Crippen molar-refractivity contribution in [3.8, 4) is 5.75 Å². The third kappa shape index (κ3) is 8.78. The minimum absolute atomic E-state index is 0.0446. The molecule has 0 aliphatic carbocycles. The molecule has 2 bridgehead atoms. The molecule has 6 heteroatoms. The van der Waals surface area contributed by atoms with E-state index in [9.17, 15) is 25.2 Å². The number of nitrogens with one attached hydrogen (secondary N) is 1. The number of anilines is 1. The lowest BCUT2D eigenvalue weighted by Gasteiger charge is -2.15. The van der Waals surface area contributed by atoms with Gasteiger partial charge < -0.3 is 25.7 Å². The van der Waals surface area contributed by atoms with Gasteiger partial charge in [0.15, 0.2) is 0 Å². The second kappa shape index (κ2) is 12.1. The van der Waals surface area contributed by atoms with E-state index in [0.29, 0.717) is 24.9 Å². The Kier molecular flexibility index (Phi) is 9.54. The normalized spacial score (nSPS) is 29.5. The number of phenols is 1. The summed E-state index contributed by atoms with van der Waals surface area (Å²) in [5, 5.41) is 43.0. The van der Waals surface area contributed by atoms with Gasteiger partial charge in [0.2, 0.25) is 5.91 Å². The molecule has 30 heavy (non-hydrogen) atoms. The molecule has 1 aliphatic rings. The first-order valence-corrected chi connectivity index (χ1v) is 10.2.